The summed E-state index contributed by atoms with van der Waals surface area (Å²) in [5.41, 5.74) is 0. The quantitative estimate of drug-likeness (QED) is 0.549. The molecule has 0 aliphatic rings. The second-order valence-corrected chi connectivity index (χ2v) is 1.14. The van der Waals surface area contributed by atoms with E-state index in [0.29, 0.717) is 6.42 Å². The van der Waals surface area contributed by atoms with Crippen LogP contribution in [0.5, 0.6) is 0 Å². The third-order valence-corrected chi connectivity index (χ3v) is 0.464. The van der Waals surface area contributed by atoms with Crippen LogP contribution in [-0.4, -0.2) is 48.8 Å². The zero-order valence-corrected chi connectivity index (χ0v) is 6.69. The summed E-state index contributed by atoms with van der Waals surface area (Å²) in [6.45, 7) is 1.84. The molecule has 0 saturated carbocycles. The van der Waals surface area contributed by atoms with Gasteiger partial charge in [0.05, 0.1) is 0 Å². The average molecular weight is 128 g/mol. The third kappa shape index (κ3) is 10.8. The van der Waals surface area contributed by atoms with Crippen molar-refractivity contribution < 1.29 is 9.90 Å². The minimum absolute atomic E-state index is 0. The second kappa shape index (κ2) is 6.73. The summed E-state index contributed by atoms with van der Waals surface area (Å²) >= 11 is 0. The summed E-state index contributed by atoms with van der Waals surface area (Å²) < 4.78 is 0. The molecule has 0 amide bonds. The molecule has 0 atom stereocenters. The van der Waals surface area contributed by atoms with Crippen LogP contribution in [0.4, 0.5) is 0 Å². The fourth-order valence-corrected chi connectivity index (χ4v) is 0.214. The SMILES string of the molecule is CCCC(=O)O.[Ca]. The molecule has 0 aliphatic heterocycles. The number of rotatable bonds is 2. The maximum absolute atomic E-state index is 9.60. The van der Waals surface area contributed by atoms with Gasteiger partial charge < -0.3 is 5.11 Å². The Labute approximate surface area is 72.9 Å². The predicted octanol–water partition coefficient (Wildman–Crippen LogP) is 0.490. The van der Waals surface area contributed by atoms with Crippen molar-refractivity contribution in [3.63, 3.8) is 0 Å². The number of carboxylic acid groups (broad SMARTS) is 1. The monoisotopic (exact) mass is 128 g/mol. The molecule has 2 nitrogen and oxygen atoms in total. The molecule has 0 aliphatic carbocycles. The summed E-state index contributed by atoms with van der Waals surface area (Å²) in [5.74, 6) is -0.711. The average Bonchev–Trinajstić information content (AvgIpc) is 1.35. The van der Waals surface area contributed by atoms with Gasteiger partial charge in [0.2, 0.25) is 0 Å². The van der Waals surface area contributed by atoms with E-state index in [1.807, 2.05) is 6.92 Å². The zero-order chi connectivity index (χ0) is 4.99. The van der Waals surface area contributed by atoms with E-state index in [2.05, 4.69) is 0 Å². The Morgan fingerprint density at radius 2 is 2.14 bits per heavy atom. The molecule has 0 unspecified atom stereocenters. The Morgan fingerprint density at radius 1 is 1.71 bits per heavy atom. The fraction of sp³-hybridized carbons (Fsp3) is 0.750. The van der Waals surface area contributed by atoms with Crippen LogP contribution in [0.1, 0.15) is 19.8 Å². The number of carboxylic acids is 1. The molecule has 0 rings (SSSR count). The van der Waals surface area contributed by atoms with Crippen molar-refractivity contribution in [2.75, 3.05) is 0 Å². The van der Waals surface area contributed by atoms with E-state index in [9.17, 15) is 4.79 Å². The minimum atomic E-state index is -0.711. The predicted molar refractivity (Wildman–Crippen MR) is 28.3 cm³/mol. The molecule has 0 fully saturated rings. The molecular weight excluding hydrogens is 120 g/mol. The molecule has 0 spiro atoms. The molecule has 3 heteroatoms. The first-order valence-corrected chi connectivity index (χ1v) is 1.99. The Kier molecular flexibility index (Phi) is 10.3. The standard InChI is InChI=1S/C4H8O2.Ca/c1-2-3-4(5)6;/h2-3H2,1H3,(H,5,6);. The van der Waals surface area contributed by atoms with Gasteiger partial charge in [0.25, 0.3) is 0 Å². The number of hydrogen-bond acceptors (Lipinski definition) is 1. The van der Waals surface area contributed by atoms with Gasteiger partial charge in [0.15, 0.2) is 0 Å². The molecule has 2 radical (unpaired) electrons. The van der Waals surface area contributed by atoms with Gasteiger partial charge in [0.1, 0.15) is 0 Å². The van der Waals surface area contributed by atoms with Crippen molar-refractivity contribution in [2.24, 2.45) is 0 Å². The van der Waals surface area contributed by atoms with E-state index in [-0.39, 0.29) is 37.7 Å². The maximum Gasteiger partial charge on any atom is 0.303 e. The van der Waals surface area contributed by atoms with Gasteiger partial charge in [-0.2, -0.15) is 0 Å². The van der Waals surface area contributed by atoms with Crippen molar-refractivity contribution in [1.29, 1.82) is 0 Å². The van der Waals surface area contributed by atoms with Gasteiger partial charge in [0, 0.05) is 44.2 Å². The Bertz CT molecular complexity index is 53.7. The van der Waals surface area contributed by atoms with Crippen LogP contribution in [0, 0.1) is 0 Å². The Balaban J connectivity index is 0. The van der Waals surface area contributed by atoms with E-state index >= 15 is 0 Å². The van der Waals surface area contributed by atoms with Crippen molar-refractivity contribution in [3.05, 3.63) is 0 Å². The molecule has 0 aromatic rings. The van der Waals surface area contributed by atoms with E-state index in [1.165, 1.54) is 0 Å². The maximum atomic E-state index is 9.60. The van der Waals surface area contributed by atoms with Crippen LogP contribution in [0.3, 0.4) is 0 Å². The van der Waals surface area contributed by atoms with Crippen molar-refractivity contribution in [3.8, 4) is 0 Å². The first-order valence-electron chi connectivity index (χ1n) is 1.99. The number of hydrogen-bond donors (Lipinski definition) is 1. The summed E-state index contributed by atoms with van der Waals surface area (Å²) in [6, 6.07) is 0. The van der Waals surface area contributed by atoms with Crippen molar-refractivity contribution in [1.82, 2.24) is 0 Å². The van der Waals surface area contributed by atoms with Gasteiger partial charge >= 0.3 is 5.97 Å². The molecule has 0 aromatic carbocycles. The number of aliphatic carboxylic acids is 1. The smallest absolute Gasteiger partial charge is 0.303 e. The summed E-state index contributed by atoms with van der Waals surface area (Å²) in [4.78, 5) is 9.60. The molecule has 0 aromatic heterocycles. The molecule has 7 heavy (non-hydrogen) atoms. The molecular formula is C4H8CaO2. The Hall–Kier alpha value is 0.730. The molecule has 0 heterocycles. The van der Waals surface area contributed by atoms with Crippen molar-refractivity contribution >= 4 is 43.7 Å². The molecule has 0 saturated heterocycles. The second-order valence-electron chi connectivity index (χ2n) is 1.14. The zero-order valence-electron chi connectivity index (χ0n) is 4.48. The van der Waals surface area contributed by atoms with Crippen LogP contribution in [0.25, 0.3) is 0 Å². The van der Waals surface area contributed by atoms with Gasteiger partial charge in [-0.25, -0.2) is 0 Å². The largest absolute Gasteiger partial charge is 0.481 e. The van der Waals surface area contributed by atoms with E-state index in [4.69, 9.17) is 5.11 Å². The normalized spacial score (nSPS) is 7.00. The molecule has 38 valence electrons. The van der Waals surface area contributed by atoms with E-state index in [1.54, 1.807) is 0 Å². The molecule has 0 bridgehead atoms. The summed E-state index contributed by atoms with van der Waals surface area (Å²) in [7, 11) is 0. The van der Waals surface area contributed by atoms with Crippen LogP contribution in [0.2, 0.25) is 0 Å². The summed E-state index contributed by atoms with van der Waals surface area (Å²) in [6.07, 6.45) is 1.02. The van der Waals surface area contributed by atoms with Gasteiger partial charge in [-0.1, -0.05) is 6.92 Å². The van der Waals surface area contributed by atoms with Gasteiger partial charge in [-0.3, -0.25) is 4.79 Å². The first-order chi connectivity index (χ1) is 2.77. The van der Waals surface area contributed by atoms with Crippen LogP contribution in [-0.2, 0) is 4.79 Å². The van der Waals surface area contributed by atoms with Gasteiger partial charge in [-0.15, -0.1) is 0 Å². The topological polar surface area (TPSA) is 37.3 Å². The van der Waals surface area contributed by atoms with Crippen LogP contribution in [0.15, 0.2) is 0 Å². The van der Waals surface area contributed by atoms with Gasteiger partial charge in [-0.05, 0) is 6.42 Å². The van der Waals surface area contributed by atoms with Crippen LogP contribution >= 0.6 is 0 Å². The summed E-state index contributed by atoms with van der Waals surface area (Å²) in [5, 5.41) is 7.91. The minimum Gasteiger partial charge on any atom is -0.481 e. The van der Waals surface area contributed by atoms with E-state index < -0.39 is 5.97 Å². The van der Waals surface area contributed by atoms with Crippen molar-refractivity contribution in [2.45, 2.75) is 19.8 Å². The fourth-order valence-electron chi connectivity index (χ4n) is 0.214. The first kappa shape index (κ1) is 10.7. The third-order valence-electron chi connectivity index (χ3n) is 0.464. The number of carbonyl (C=O) groups is 1. The molecule has 1 N–H and O–H groups in total. The van der Waals surface area contributed by atoms with E-state index in [0.717, 1.165) is 6.42 Å². The Morgan fingerprint density at radius 3 is 2.14 bits per heavy atom. The van der Waals surface area contributed by atoms with Crippen LogP contribution < -0.4 is 0 Å².